The van der Waals surface area contributed by atoms with Crippen LogP contribution < -0.4 is 0 Å². The van der Waals surface area contributed by atoms with Crippen LogP contribution in [0.4, 0.5) is 0 Å². The molecule has 0 aliphatic heterocycles. The normalized spacial score (nSPS) is 14.5. The van der Waals surface area contributed by atoms with Crippen LogP contribution in [0.5, 0.6) is 0 Å². The molecule has 70 heavy (non-hydrogen) atoms. The summed E-state index contributed by atoms with van der Waals surface area (Å²) in [6, 6.07) is 73.9. The second-order valence-corrected chi connectivity index (χ2v) is 22.9. The smallest absolute Gasteiger partial charge is 0.109 e. The van der Waals surface area contributed by atoms with Crippen molar-refractivity contribution in [3.05, 3.63) is 216 Å². The van der Waals surface area contributed by atoms with Gasteiger partial charge in [0, 0.05) is 69.3 Å². The summed E-state index contributed by atoms with van der Waals surface area (Å²) >= 11 is 3.84. The van der Waals surface area contributed by atoms with Crippen molar-refractivity contribution in [1.29, 1.82) is 0 Å². The maximum atomic E-state index is 2.61. The molecule has 10 aromatic carbocycles. The summed E-state index contributed by atoms with van der Waals surface area (Å²) in [6.07, 6.45) is 0. The monoisotopic (exact) mass is 928 g/mol. The summed E-state index contributed by atoms with van der Waals surface area (Å²) in [5.41, 5.74) is 19.4. The van der Waals surface area contributed by atoms with E-state index in [1.54, 1.807) is 0 Å². The number of hydrogen-bond donors (Lipinski definition) is 0. The molecule has 0 bridgehead atoms. The predicted octanol–water partition coefficient (Wildman–Crippen LogP) is 18.9. The van der Waals surface area contributed by atoms with Gasteiger partial charge in [0.25, 0.3) is 0 Å². The lowest BCUT2D eigenvalue weighted by Gasteiger charge is -2.21. The third-order valence-electron chi connectivity index (χ3n) is 16.5. The summed E-state index contributed by atoms with van der Waals surface area (Å²) in [5.74, 6) is 0. The van der Waals surface area contributed by atoms with E-state index in [9.17, 15) is 0 Å². The zero-order valence-electron chi connectivity index (χ0n) is 39.2. The highest BCUT2D eigenvalue weighted by Crippen LogP contribution is 2.54. The molecule has 330 valence electrons. The van der Waals surface area contributed by atoms with Gasteiger partial charge in [0.1, 0.15) is 4.83 Å². The lowest BCUT2D eigenvalue weighted by Crippen LogP contribution is -2.14. The van der Waals surface area contributed by atoms with Crippen LogP contribution in [0.2, 0.25) is 0 Å². The Labute approximate surface area is 412 Å². The van der Waals surface area contributed by atoms with E-state index >= 15 is 0 Å². The Bertz CT molecular complexity index is 4660. The van der Waals surface area contributed by atoms with Crippen molar-refractivity contribution in [2.45, 2.75) is 38.5 Å². The van der Waals surface area contributed by atoms with Gasteiger partial charge in [0.05, 0.1) is 21.3 Å². The molecule has 0 atom stereocenters. The van der Waals surface area contributed by atoms with Gasteiger partial charge in [0.15, 0.2) is 0 Å². The van der Waals surface area contributed by atoms with Crippen LogP contribution >= 0.6 is 22.7 Å². The van der Waals surface area contributed by atoms with Crippen LogP contribution in [0.15, 0.2) is 194 Å². The number of thiophene rings is 2. The van der Waals surface area contributed by atoms with Crippen molar-refractivity contribution in [2.75, 3.05) is 0 Å². The van der Waals surface area contributed by atoms with Gasteiger partial charge in [-0.2, -0.15) is 0 Å². The Balaban J connectivity index is 0.938. The van der Waals surface area contributed by atoms with Crippen molar-refractivity contribution >= 4 is 107 Å². The van der Waals surface area contributed by atoms with Gasteiger partial charge in [-0.3, -0.25) is 0 Å². The van der Waals surface area contributed by atoms with Crippen LogP contribution in [0.1, 0.15) is 49.9 Å². The van der Waals surface area contributed by atoms with Gasteiger partial charge >= 0.3 is 0 Å². The van der Waals surface area contributed by atoms with Crippen LogP contribution in [0.25, 0.3) is 129 Å². The van der Waals surface area contributed by atoms with Crippen LogP contribution in [-0.2, 0) is 10.8 Å². The highest BCUT2D eigenvalue weighted by molar-refractivity contribution is 7.27. The SMILES string of the molecule is CC1(C)c2ccccc2-c2cc(-n3c4ccccc4c4c5ccc(-c6ccc7c8c9ccccc9c9c%10ccccc%10sc9c8n(-c8ccc9c(c8)-c8ccccc8C9(C)C)c7c6)cc5sc43)ccc21. The number of aromatic nitrogens is 2. The molecule has 0 saturated heterocycles. The van der Waals surface area contributed by atoms with Crippen molar-refractivity contribution in [1.82, 2.24) is 9.13 Å². The number of benzene rings is 10. The van der Waals surface area contributed by atoms with Crippen molar-refractivity contribution < 1.29 is 0 Å². The molecule has 4 aromatic heterocycles. The molecular weight excluding hydrogens is 885 g/mol. The zero-order valence-corrected chi connectivity index (χ0v) is 40.8. The fourth-order valence-electron chi connectivity index (χ4n) is 13.2. The van der Waals surface area contributed by atoms with E-state index in [-0.39, 0.29) is 10.8 Å². The largest absolute Gasteiger partial charge is 0.308 e. The molecule has 0 fully saturated rings. The number of para-hydroxylation sites is 1. The van der Waals surface area contributed by atoms with E-state index in [0.717, 1.165) is 0 Å². The lowest BCUT2D eigenvalue weighted by atomic mass is 9.82. The average molecular weight is 929 g/mol. The molecule has 2 nitrogen and oxygen atoms in total. The molecular formula is C66H44N2S2. The molecule has 0 amide bonds. The van der Waals surface area contributed by atoms with Crippen LogP contribution in [-0.4, -0.2) is 9.13 Å². The van der Waals surface area contributed by atoms with E-state index in [1.165, 1.54) is 151 Å². The molecule has 0 unspecified atom stereocenters. The molecule has 0 N–H and O–H groups in total. The first-order valence-corrected chi connectivity index (χ1v) is 26.1. The number of nitrogens with zero attached hydrogens (tertiary/aromatic N) is 2. The fraction of sp³-hybridized carbons (Fsp3) is 0.0909. The molecule has 0 spiro atoms. The van der Waals surface area contributed by atoms with Crippen molar-refractivity contribution in [3.8, 4) is 44.8 Å². The van der Waals surface area contributed by atoms with Gasteiger partial charge in [0.2, 0.25) is 0 Å². The highest BCUT2D eigenvalue weighted by atomic mass is 32.1. The first-order chi connectivity index (χ1) is 34.2. The second kappa shape index (κ2) is 13.5. The third kappa shape index (κ3) is 4.92. The van der Waals surface area contributed by atoms with E-state index < -0.39 is 0 Å². The summed E-state index contributed by atoms with van der Waals surface area (Å²) in [6.45, 7) is 9.47. The number of fused-ring (bicyclic) bond motifs is 21. The van der Waals surface area contributed by atoms with E-state index in [2.05, 4.69) is 231 Å². The predicted molar refractivity (Wildman–Crippen MR) is 301 cm³/mol. The standard InChI is InChI=1S/C66H44N2S2/c1-65(2)51-21-11-7-15-41(51)49-35-39(27-31-53(49)65)67-56-33-37(25-29-46(56)59-43-17-5-6-18-44(43)60-47-20-10-14-24-57(47)69-63(60)62(59)67)38-26-30-48-58(34-38)70-64-61(48)45-19-9-13-23-55(45)68(64)40-28-32-54-50(36-40)42-16-8-12-22-52(42)66(54,3)4/h5-36H,1-4H3. The third-order valence-corrected chi connectivity index (χ3v) is 18.8. The molecule has 2 aliphatic rings. The minimum absolute atomic E-state index is 0.0346. The molecule has 0 radical (unpaired) electrons. The summed E-state index contributed by atoms with van der Waals surface area (Å²) in [5, 5.41) is 11.8. The van der Waals surface area contributed by atoms with Crippen molar-refractivity contribution in [3.63, 3.8) is 0 Å². The molecule has 4 heterocycles. The summed E-state index contributed by atoms with van der Waals surface area (Å²) < 4.78 is 9.08. The minimum atomic E-state index is -0.0717. The van der Waals surface area contributed by atoms with Gasteiger partial charge in [-0.05, 0) is 115 Å². The quantitative estimate of drug-likeness (QED) is 0.167. The first kappa shape index (κ1) is 39.1. The van der Waals surface area contributed by atoms with E-state index in [1.807, 2.05) is 22.7 Å². The Hall–Kier alpha value is -7.76. The van der Waals surface area contributed by atoms with Gasteiger partial charge in [-0.15, -0.1) is 22.7 Å². The van der Waals surface area contributed by atoms with Gasteiger partial charge in [-0.1, -0.05) is 173 Å². The molecule has 2 aliphatic carbocycles. The highest BCUT2D eigenvalue weighted by Gasteiger charge is 2.37. The van der Waals surface area contributed by atoms with Crippen LogP contribution in [0, 0.1) is 0 Å². The molecule has 4 heteroatoms. The molecule has 16 rings (SSSR count). The summed E-state index contributed by atoms with van der Waals surface area (Å²) in [7, 11) is 0. The molecule has 14 aromatic rings. The Morgan fingerprint density at radius 3 is 1.56 bits per heavy atom. The Kier molecular flexibility index (Phi) is 7.55. The number of hydrogen-bond acceptors (Lipinski definition) is 2. The molecule has 0 saturated carbocycles. The van der Waals surface area contributed by atoms with Gasteiger partial charge < -0.3 is 9.13 Å². The van der Waals surface area contributed by atoms with Crippen molar-refractivity contribution in [2.24, 2.45) is 0 Å². The number of rotatable bonds is 3. The fourth-order valence-corrected chi connectivity index (χ4v) is 15.8. The Morgan fingerprint density at radius 2 is 0.857 bits per heavy atom. The maximum absolute atomic E-state index is 2.61. The summed E-state index contributed by atoms with van der Waals surface area (Å²) in [4.78, 5) is 1.29. The zero-order chi connectivity index (χ0) is 46.4. The topological polar surface area (TPSA) is 9.86 Å². The van der Waals surface area contributed by atoms with E-state index in [4.69, 9.17) is 0 Å². The Morgan fingerprint density at radius 1 is 0.343 bits per heavy atom. The second-order valence-electron chi connectivity index (χ2n) is 20.8. The average Bonchev–Trinajstić information content (AvgIpc) is 4.21. The maximum Gasteiger partial charge on any atom is 0.109 e. The lowest BCUT2D eigenvalue weighted by molar-refractivity contribution is 0.660. The van der Waals surface area contributed by atoms with E-state index in [0.29, 0.717) is 0 Å². The minimum Gasteiger partial charge on any atom is -0.308 e. The van der Waals surface area contributed by atoms with Gasteiger partial charge in [-0.25, -0.2) is 0 Å². The van der Waals surface area contributed by atoms with Crippen LogP contribution in [0.3, 0.4) is 0 Å². The first-order valence-electron chi connectivity index (χ1n) is 24.5.